The van der Waals surface area contributed by atoms with Gasteiger partial charge in [-0.15, -0.1) is 0 Å². The minimum absolute atomic E-state index is 0.290. The van der Waals surface area contributed by atoms with Crippen LogP contribution >= 0.6 is 11.8 Å². The normalized spacial score (nSPS) is 37.5. The molecule has 1 fully saturated rings. The van der Waals surface area contributed by atoms with Gasteiger partial charge in [0.25, 0.3) is 0 Å². The van der Waals surface area contributed by atoms with Gasteiger partial charge < -0.3 is 11.5 Å². The number of amides is 1. The van der Waals surface area contributed by atoms with Crippen LogP contribution in [-0.2, 0) is 4.79 Å². The van der Waals surface area contributed by atoms with E-state index in [0.29, 0.717) is 11.7 Å². The minimum atomic E-state index is -0.323. The van der Waals surface area contributed by atoms with E-state index in [1.165, 1.54) is 0 Å². The first-order chi connectivity index (χ1) is 5.02. The van der Waals surface area contributed by atoms with E-state index in [1.807, 2.05) is 11.8 Å². The van der Waals surface area contributed by atoms with E-state index in [1.54, 1.807) is 0 Å². The topological polar surface area (TPSA) is 69.1 Å². The summed E-state index contributed by atoms with van der Waals surface area (Å²) in [6.07, 6.45) is 1.23. The third-order valence-electron chi connectivity index (χ3n) is 1.88. The first kappa shape index (κ1) is 8.87. The Morgan fingerprint density at radius 3 is 2.82 bits per heavy atom. The third-order valence-corrected chi connectivity index (χ3v) is 3.35. The zero-order valence-electron chi connectivity index (χ0n) is 6.67. The Labute approximate surface area is 70.9 Å². The zero-order chi connectivity index (χ0) is 8.48. The van der Waals surface area contributed by atoms with Gasteiger partial charge >= 0.3 is 0 Å². The molecular formula is C7H14N2OS. The van der Waals surface area contributed by atoms with Crippen LogP contribution in [0.25, 0.3) is 0 Å². The Morgan fingerprint density at radius 1 is 1.82 bits per heavy atom. The quantitative estimate of drug-likeness (QED) is 0.623. The molecule has 4 heteroatoms. The molecule has 1 rings (SSSR count). The Balaban J connectivity index is 2.48. The molecule has 1 aliphatic rings. The summed E-state index contributed by atoms with van der Waals surface area (Å²) in [6, 6.07) is 0. The molecule has 64 valence electrons. The predicted molar refractivity (Wildman–Crippen MR) is 47.3 cm³/mol. The molecule has 1 aliphatic heterocycles. The van der Waals surface area contributed by atoms with Gasteiger partial charge in [0.1, 0.15) is 0 Å². The smallest absolute Gasteiger partial charge is 0.219 e. The summed E-state index contributed by atoms with van der Waals surface area (Å²) in [7, 11) is 0. The molecule has 0 aromatic heterocycles. The number of thioether (sulfide) groups is 1. The lowest BCUT2D eigenvalue weighted by atomic mass is 9.93. The first-order valence-corrected chi connectivity index (χ1v) is 4.75. The molecule has 0 bridgehead atoms. The highest BCUT2D eigenvalue weighted by molar-refractivity contribution is 8.00. The minimum Gasteiger partial charge on any atom is -0.370 e. The Bertz CT molecular complexity index is 174. The molecule has 4 N–H and O–H groups in total. The van der Waals surface area contributed by atoms with E-state index in [4.69, 9.17) is 11.5 Å². The summed E-state index contributed by atoms with van der Waals surface area (Å²) in [5, 5.41) is 0.569. The van der Waals surface area contributed by atoms with Crippen LogP contribution in [0.1, 0.15) is 19.8 Å². The van der Waals surface area contributed by atoms with E-state index < -0.39 is 0 Å². The SMILES string of the molecule is CC1CC(N)(CC(N)=O)CS1. The highest BCUT2D eigenvalue weighted by Gasteiger charge is 2.35. The molecular weight excluding hydrogens is 160 g/mol. The maximum absolute atomic E-state index is 10.6. The fraction of sp³-hybridized carbons (Fsp3) is 0.857. The Morgan fingerprint density at radius 2 is 2.45 bits per heavy atom. The second-order valence-electron chi connectivity index (χ2n) is 3.33. The van der Waals surface area contributed by atoms with Crippen LogP contribution in [-0.4, -0.2) is 22.4 Å². The van der Waals surface area contributed by atoms with Crippen LogP contribution in [0.4, 0.5) is 0 Å². The fourth-order valence-corrected chi connectivity index (χ4v) is 2.75. The van der Waals surface area contributed by atoms with E-state index in [9.17, 15) is 4.79 Å². The maximum atomic E-state index is 10.6. The average Bonchev–Trinajstić information content (AvgIpc) is 2.08. The molecule has 1 saturated heterocycles. The number of rotatable bonds is 2. The number of hydrogen-bond acceptors (Lipinski definition) is 3. The summed E-state index contributed by atoms with van der Waals surface area (Å²) in [4.78, 5) is 10.6. The van der Waals surface area contributed by atoms with Gasteiger partial charge in [0.15, 0.2) is 0 Å². The van der Waals surface area contributed by atoms with Gasteiger partial charge in [-0.05, 0) is 6.42 Å². The molecule has 0 aromatic rings. The highest BCUT2D eigenvalue weighted by Crippen LogP contribution is 2.34. The van der Waals surface area contributed by atoms with Crippen molar-refractivity contribution in [2.45, 2.75) is 30.6 Å². The summed E-state index contributed by atoms with van der Waals surface area (Å²) in [5.74, 6) is 0.569. The molecule has 0 spiro atoms. The second kappa shape index (κ2) is 3.03. The lowest BCUT2D eigenvalue weighted by Gasteiger charge is -2.20. The fourth-order valence-electron chi connectivity index (χ4n) is 1.47. The molecule has 0 radical (unpaired) electrons. The van der Waals surface area contributed by atoms with Crippen molar-refractivity contribution in [2.24, 2.45) is 11.5 Å². The van der Waals surface area contributed by atoms with E-state index in [2.05, 4.69) is 6.92 Å². The molecule has 0 aromatic carbocycles. The van der Waals surface area contributed by atoms with Crippen molar-refractivity contribution in [3.63, 3.8) is 0 Å². The molecule has 1 amide bonds. The van der Waals surface area contributed by atoms with Gasteiger partial charge in [-0.25, -0.2) is 0 Å². The number of carbonyl (C=O) groups is 1. The summed E-state index contributed by atoms with van der Waals surface area (Å²) in [6.45, 7) is 2.13. The van der Waals surface area contributed by atoms with E-state index in [-0.39, 0.29) is 11.4 Å². The van der Waals surface area contributed by atoms with Crippen LogP contribution in [0.3, 0.4) is 0 Å². The molecule has 11 heavy (non-hydrogen) atoms. The predicted octanol–water partition coefficient (Wildman–Crippen LogP) is 0.0847. The van der Waals surface area contributed by atoms with Gasteiger partial charge in [0.2, 0.25) is 5.91 Å². The molecule has 3 nitrogen and oxygen atoms in total. The van der Waals surface area contributed by atoms with Crippen LogP contribution < -0.4 is 11.5 Å². The summed E-state index contributed by atoms with van der Waals surface area (Å²) >= 11 is 1.81. The largest absolute Gasteiger partial charge is 0.370 e. The van der Waals surface area contributed by atoms with Gasteiger partial charge in [-0.1, -0.05) is 6.92 Å². The van der Waals surface area contributed by atoms with E-state index in [0.717, 1.165) is 12.2 Å². The van der Waals surface area contributed by atoms with Gasteiger partial charge in [0, 0.05) is 23.0 Å². The average molecular weight is 174 g/mol. The van der Waals surface area contributed by atoms with Crippen molar-refractivity contribution in [1.82, 2.24) is 0 Å². The molecule has 2 unspecified atom stereocenters. The van der Waals surface area contributed by atoms with Crippen molar-refractivity contribution in [1.29, 1.82) is 0 Å². The van der Waals surface area contributed by atoms with Crippen molar-refractivity contribution < 1.29 is 4.79 Å². The van der Waals surface area contributed by atoms with Crippen LogP contribution in [0.5, 0.6) is 0 Å². The van der Waals surface area contributed by atoms with Crippen molar-refractivity contribution >= 4 is 17.7 Å². The summed E-state index contributed by atoms with van der Waals surface area (Å²) < 4.78 is 0. The lowest BCUT2D eigenvalue weighted by Crippen LogP contribution is -2.43. The van der Waals surface area contributed by atoms with Crippen LogP contribution in [0.2, 0.25) is 0 Å². The second-order valence-corrected chi connectivity index (χ2v) is 4.76. The monoisotopic (exact) mass is 174 g/mol. The Hall–Kier alpha value is -0.220. The first-order valence-electron chi connectivity index (χ1n) is 3.71. The standard InChI is InChI=1S/C7H14N2OS/c1-5-2-7(9,4-11-5)3-6(8)10/h5H,2-4,9H2,1H3,(H2,8,10). The number of hydrogen-bond donors (Lipinski definition) is 2. The van der Waals surface area contributed by atoms with Crippen LogP contribution in [0, 0.1) is 0 Å². The number of nitrogens with two attached hydrogens (primary N) is 2. The molecule has 2 atom stereocenters. The maximum Gasteiger partial charge on any atom is 0.219 e. The zero-order valence-corrected chi connectivity index (χ0v) is 7.49. The van der Waals surface area contributed by atoms with Crippen LogP contribution in [0.15, 0.2) is 0 Å². The van der Waals surface area contributed by atoms with Crippen molar-refractivity contribution in [3.05, 3.63) is 0 Å². The lowest BCUT2D eigenvalue weighted by molar-refractivity contribution is -0.119. The van der Waals surface area contributed by atoms with Crippen molar-refractivity contribution in [3.8, 4) is 0 Å². The Kier molecular flexibility index (Phi) is 2.44. The number of carbonyl (C=O) groups excluding carboxylic acids is 1. The number of primary amides is 1. The molecule has 0 aliphatic carbocycles. The molecule has 1 heterocycles. The molecule has 0 saturated carbocycles. The van der Waals surface area contributed by atoms with Crippen molar-refractivity contribution in [2.75, 3.05) is 5.75 Å². The summed E-state index contributed by atoms with van der Waals surface area (Å²) in [5.41, 5.74) is 10.7. The third kappa shape index (κ3) is 2.38. The van der Waals surface area contributed by atoms with Gasteiger partial charge in [0.05, 0.1) is 0 Å². The van der Waals surface area contributed by atoms with E-state index >= 15 is 0 Å². The van der Waals surface area contributed by atoms with Gasteiger partial charge in [-0.3, -0.25) is 4.79 Å². The highest BCUT2D eigenvalue weighted by atomic mass is 32.2. The van der Waals surface area contributed by atoms with Gasteiger partial charge in [-0.2, -0.15) is 11.8 Å².